The maximum Gasteiger partial charge on any atom is 0.326 e. The van der Waals surface area contributed by atoms with Gasteiger partial charge in [-0.05, 0) is 25.2 Å². The van der Waals surface area contributed by atoms with Gasteiger partial charge < -0.3 is 20.5 Å². The van der Waals surface area contributed by atoms with Crippen molar-refractivity contribution in [3.05, 3.63) is 0 Å². The van der Waals surface area contributed by atoms with E-state index in [1.807, 2.05) is 13.8 Å². The van der Waals surface area contributed by atoms with E-state index in [0.717, 1.165) is 19.3 Å². The van der Waals surface area contributed by atoms with Crippen molar-refractivity contribution in [2.45, 2.75) is 57.7 Å². The number of hydrogen-bond donors (Lipinski definition) is 3. The van der Waals surface area contributed by atoms with Gasteiger partial charge in [0.1, 0.15) is 6.04 Å². The van der Waals surface area contributed by atoms with Crippen molar-refractivity contribution >= 4 is 12.0 Å². The predicted molar refractivity (Wildman–Crippen MR) is 71.0 cm³/mol. The minimum Gasteiger partial charge on any atom is -0.480 e. The summed E-state index contributed by atoms with van der Waals surface area (Å²) in [7, 11) is 1.66. The smallest absolute Gasteiger partial charge is 0.326 e. The third-order valence-electron chi connectivity index (χ3n) is 3.82. The van der Waals surface area contributed by atoms with Gasteiger partial charge in [-0.25, -0.2) is 9.59 Å². The molecule has 0 saturated heterocycles. The molecule has 0 aromatic rings. The van der Waals surface area contributed by atoms with Gasteiger partial charge in [-0.15, -0.1) is 0 Å². The Balaban J connectivity index is 2.43. The molecule has 0 radical (unpaired) electrons. The Morgan fingerprint density at radius 2 is 2.11 bits per heavy atom. The van der Waals surface area contributed by atoms with Crippen molar-refractivity contribution in [3.8, 4) is 0 Å². The average Bonchev–Trinajstić information content (AvgIpc) is 2.82. The van der Waals surface area contributed by atoms with Gasteiger partial charge in [0.15, 0.2) is 0 Å². The zero-order valence-corrected chi connectivity index (χ0v) is 11.8. The SMILES string of the molecule is CCC(C)C(NC(=O)NC1CCC(OC)C1)C(=O)O. The Morgan fingerprint density at radius 3 is 2.58 bits per heavy atom. The summed E-state index contributed by atoms with van der Waals surface area (Å²) in [5, 5.41) is 14.5. The van der Waals surface area contributed by atoms with Crippen molar-refractivity contribution in [3.63, 3.8) is 0 Å². The Morgan fingerprint density at radius 1 is 1.42 bits per heavy atom. The van der Waals surface area contributed by atoms with Crippen LogP contribution in [-0.4, -0.2) is 42.4 Å². The number of carboxylic acid groups (broad SMARTS) is 1. The van der Waals surface area contributed by atoms with E-state index in [9.17, 15) is 9.59 Å². The van der Waals surface area contributed by atoms with E-state index in [2.05, 4.69) is 10.6 Å². The fourth-order valence-electron chi connectivity index (χ4n) is 2.34. The number of methoxy groups -OCH3 is 1. The highest BCUT2D eigenvalue weighted by molar-refractivity contribution is 5.82. The van der Waals surface area contributed by atoms with Crippen LogP contribution in [0.25, 0.3) is 0 Å². The van der Waals surface area contributed by atoms with Gasteiger partial charge in [-0.2, -0.15) is 0 Å². The summed E-state index contributed by atoms with van der Waals surface area (Å²) < 4.78 is 5.23. The Hall–Kier alpha value is -1.30. The molecule has 0 aromatic heterocycles. The molecule has 0 aromatic carbocycles. The number of aliphatic carboxylic acids is 1. The molecule has 0 heterocycles. The summed E-state index contributed by atoms with van der Waals surface area (Å²) in [6.07, 6.45) is 3.47. The molecule has 1 saturated carbocycles. The number of hydrogen-bond acceptors (Lipinski definition) is 3. The Labute approximate surface area is 113 Å². The van der Waals surface area contributed by atoms with Crippen LogP contribution in [0, 0.1) is 5.92 Å². The summed E-state index contributed by atoms with van der Waals surface area (Å²) in [6.45, 7) is 3.72. The maximum atomic E-state index is 11.8. The predicted octanol–water partition coefficient (Wildman–Crippen LogP) is 1.35. The molecule has 19 heavy (non-hydrogen) atoms. The number of amides is 2. The zero-order valence-electron chi connectivity index (χ0n) is 11.8. The lowest BCUT2D eigenvalue weighted by Crippen LogP contribution is -2.51. The second-order valence-electron chi connectivity index (χ2n) is 5.19. The second kappa shape index (κ2) is 7.33. The molecule has 2 amide bonds. The van der Waals surface area contributed by atoms with Gasteiger partial charge in [0, 0.05) is 13.2 Å². The number of ether oxygens (including phenoxy) is 1. The highest BCUT2D eigenvalue weighted by Gasteiger charge is 2.29. The molecule has 4 unspecified atom stereocenters. The van der Waals surface area contributed by atoms with Crippen LogP contribution in [0.2, 0.25) is 0 Å². The number of urea groups is 1. The van der Waals surface area contributed by atoms with Crippen molar-refractivity contribution in [2.24, 2.45) is 5.92 Å². The van der Waals surface area contributed by atoms with Gasteiger partial charge in [-0.1, -0.05) is 20.3 Å². The topological polar surface area (TPSA) is 87.7 Å². The third kappa shape index (κ3) is 4.70. The molecule has 1 aliphatic rings. The van der Waals surface area contributed by atoms with Crippen LogP contribution in [0.4, 0.5) is 4.79 Å². The number of carbonyl (C=O) groups is 2. The van der Waals surface area contributed by atoms with Crippen molar-refractivity contribution in [2.75, 3.05) is 7.11 Å². The first kappa shape index (κ1) is 15.8. The summed E-state index contributed by atoms with van der Waals surface area (Å²) in [4.78, 5) is 22.9. The number of carboxylic acids is 1. The van der Waals surface area contributed by atoms with E-state index in [-0.39, 0.29) is 18.1 Å². The third-order valence-corrected chi connectivity index (χ3v) is 3.82. The van der Waals surface area contributed by atoms with E-state index >= 15 is 0 Å². The van der Waals surface area contributed by atoms with Crippen molar-refractivity contribution in [1.29, 1.82) is 0 Å². The van der Waals surface area contributed by atoms with Crippen LogP contribution in [0.1, 0.15) is 39.5 Å². The lowest BCUT2D eigenvalue weighted by molar-refractivity contribution is -0.140. The van der Waals surface area contributed by atoms with Gasteiger partial charge in [0.2, 0.25) is 0 Å². The standard InChI is InChI=1S/C13H24N2O4/c1-4-8(2)11(12(16)17)15-13(18)14-9-5-6-10(7-9)19-3/h8-11H,4-7H2,1-3H3,(H,16,17)(H2,14,15,18). The molecule has 3 N–H and O–H groups in total. The average molecular weight is 272 g/mol. The summed E-state index contributed by atoms with van der Waals surface area (Å²) >= 11 is 0. The molecular formula is C13H24N2O4. The quantitative estimate of drug-likeness (QED) is 0.681. The molecule has 6 heteroatoms. The van der Waals surface area contributed by atoms with E-state index in [1.54, 1.807) is 7.11 Å². The zero-order chi connectivity index (χ0) is 14.4. The molecule has 0 aliphatic heterocycles. The van der Waals surface area contributed by atoms with Gasteiger partial charge in [0.05, 0.1) is 6.10 Å². The summed E-state index contributed by atoms with van der Waals surface area (Å²) in [5.74, 6) is -1.09. The summed E-state index contributed by atoms with van der Waals surface area (Å²) in [5.41, 5.74) is 0. The second-order valence-corrected chi connectivity index (χ2v) is 5.19. The number of carbonyl (C=O) groups excluding carboxylic acids is 1. The van der Waals surface area contributed by atoms with Crippen LogP contribution in [0.5, 0.6) is 0 Å². The molecule has 1 fully saturated rings. The normalized spacial score (nSPS) is 25.6. The molecule has 0 spiro atoms. The molecule has 0 bridgehead atoms. The molecule has 110 valence electrons. The van der Waals surface area contributed by atoms with E-state index in [4.69, 9.17) is 9.84 Å². The lowest BCUT2D eigenvalue weighted by Gasteiger charge is -2.22. The first-order chi connectivity index (χ1) is 8.97. The molecule has 6 nitrogen and oxygen atoms in total. The van der Waals surface area contributed by atoms with Crippen molar-refractivity contribution < 1.29 is 19.4 Å². The molecule has 1 rings (SSSR count). The van der Waals surface area contributed by atoms with Crippen molar-refractivity contribution in [1.82, 2.24) is 10.6 Å². The van der Waals surface area contributed by atoms with E-state index in [1.165, 1.54) is 0 Å². The molecular weight excluding hydrogens is 248 g/mol. The highest BCUT2D eigenvalue weighted by atomic mass is 16.5. The minimum atomic E-state index is -0.995. The van der Waals surface area contributed by atoms with E-state index < -0.39 is 18.0 Å². The maximum absolute atomic E-state index is 11.8. The van der Waals surface area contributed by atoms with Crippen LogP contribution in [0.15, 0.2) is 0 Å². The van der Waals surface area contributed by atoms with Crippen LogP contribution in [0.3, 0.4) is 0 Å². The molecule has 1 aliphatic carbocycles. The van der Waals surface area contributed by atoms with Crippen LogP contribution in [-0.2, 0) is 9.53 Å². The summed E-state index contributed by atoms with van der Waals surface area (Å²) in [6, 6.07) is -1.18. The van der Waals surface area contributed by atoms with Gasteiger partial charge >= 0.3 is 12.0 Å². The minimum absolute atomic E-state index is 0.0660. The Bertz CT molecular complexity index is 322. The first-order valence-electron chi connectivity index (χ1n) is 6.80. The monoisotopic (exact) mass is 272 g/mol. The van der Waals surface area contributed by atoms with Crippen LogP contribution >= 0.6 is 0 Å². The fraction of sp³-hybridized carbons (Fsp3) is 0.846. The largest absolute Gasteiger partial charge is 0.480 e. The number of rotatable bonds is 6. The first-order valence-corrected chi connectivity index (χ1v) is 6.80. The van der Waals surface area contributed by atoms with E-state index in [0.29, 0.717) is 6.42 Å². The fourth-order valence-corrected chi connectivity index (χ4v) is 2.34. The number of nitrogens with one attached hydrogen (secondary N) is 2. The van der Waals surface area contributed by atoms with Gasteiger partial charge in [-0.3, -0.25) is 0 Å². The molecule has 4 atom stereocenters. The lowest BCUT2D eigenvalue weighted by atomic mass is 9.99. The van der Waals surface area contributed by atoms with Crippen LogP contribution < -0.4 is 10.6 Å². The Kier molecular flexibility index (Phi) is 6.08. The van der Waals surface area contributed by atoms with Gasteiger partial charge in [0.25, 0.3) is 0 Å². The highest BCUT2D eigenvalue weighted by Crippen LogP contribution is 2.21.